The van der Waals surface area contributed by atoms with E-state index in [9.17, 15) is 5.11 Å². The second-order valence-electron chi connectivity index (χ2n) is 5.99. The van der Waals surface area contributed by atoms with Crippen LogP contribution < -0.4 is 4.74 Å². The van der Waals surface area contributed by atoms with Crippen LogP contribution in [-0.2, 0) is 11.3 Å². The van der Waals surface area contributed by atoms with Gasteiger partial charge in [-0.25, -0.2) is 4.98 Å². The van der Waals surface area contributed by atoms with Crippen molar-refractivity contribution in [1.29, 1.82) is 0 Å². The van der Waals surface area contributed by atoms with E-state index in [4.69, 9.17) is 14.5 Å². The molecule has 0 aliphatic rings. The molecule has 4 aromatic rings. The summed E-state index contributed by atoms with van der Waals surface area (Å²) in [7, 11) is 1.65. The van der Waals surface area contributed by atoms with Crippen molar-refractivity contribution in [2.24, 2.45) is 0 Å². The molecule has 0 atom stereocenters. The molecule has 0 fully saturated rings. The number of pyridine rings is 1. The molecular weight excluding hydrogens is 330 g/mol. The maximum Gasteiger partial charge on any atom is 0.156 e. The summed E-state index contributed by atoms with van der Waals surface area (Å²) in [5.41, 5.74) is 3.40. The molecule has 0 amide bonds. The lowest BCUT2D eigenvalue weighted by molar-refractivity contribution is 0.132. The van der Waals surface area contributed by atoms with E-state index in [1.165, 1.54) is 0 Å². The number of aromatic hydroxyl groups is 1. The number of fused-ring (bicyclic) bond motifs is 3. The van der Waals surface area contributed by atoms with Crippen LogP contribution in [0, 0.1) is 0 Å². The van der Waals surface area contributed by atoms with E-state index in [-0.39, 0.29) is 5.75 Å². The first-order valence-electron chi connectivity index (χ1n) is 8.42. The van der Waals surface area contributed by atoms with Gasteiger partial charge >= 0.3 is 0 Å². The minimum Gasteiger partial charge on any atom is -0.508 e. The van der Waals surface area contributed by atoms with Crippen LogP contribution in [0.2, 0.25) is 0 Å². The summed E-state index contributed by atoms with van der Waals surface area (Å²) < 4.78 is 11.2. The summed E-state index contributed by atoms with van der Waals surface area (Å²) in [6.07, 6.45) is 1.78. The Bertz CT molecular complexity index is 1070. The van der Waals surface area contributed by atoms with Crippen LogP contribution in [-0.4, -0.2) is 34.0 Å². The Kier molecular flexibility index (Phi) is 4.18. The number of methoxy groups -OCH3 is 1. The Morgan fingerprint density at radius 3 is 2.62 bits per heavy atom. The highest BCUT2D eigenvalue weighted by Crippen LogP contribution is 2.36. The highest BCUT2D eigenvalue weighted by molar-refractivity contribution is 6.10. The zero-order valence-electron chi connectivity index (χ0n) is 14.6. The van der Waals surface area contributed by atoms with Crippen molar-refractivity contribution in [2.75, 3.05) is 13.7 Å². The number of ether oxygens (including phenoxy) is 2. The van der Waals surface area contributed by atoms with E-state index in [1.54, 1.807) is 25.4 Å². The molecule has 2 heterocycles. The van der Waals surface area contributed by atoms with Gasteiger partial charge in [0.15, 0.2) is 5.65 Å². The van der Waals surface area contributed by atoms with Crippen LogP contribution in [0.5, 0.6) is 11.5 Å². The zero-order chi connectivity index (χ0) is 18.1. The number of rotatable bonds is 5. The van der Waals surface area contributed by atoms with Gasteiger partial charge in [0.25, 0.3) is 0 Å². The summed E-state index contributed by atoms with van der Waals surface area (Å²) in [4.78, 5) is 4.74. The number of nitrogens with one attached hydrogen (secondary N) is 1. The SMILES string of the molecule is CCOCc1cc2c(cc1OC)c(-c1ccc(O)cc1)nc1[nH]ncc12. The monoisotopic (exact) mass is 349 g/mol. The van der Waals surface area contributed by atoms with Crippen LogP contribution in [0.4, 0.5) is 0 Å². The van der Waals surface area contributed by atoms with Gasteiger partial charge in [-0.1, -0.05) is 0 Å². The summed E-state index contributed by atoms with van der Waals surface area (Å²) >= 11 is 0. The van der Waals surface area contributed by atoms with Crippen LogP contribution in [0.1, 0.15) is 12.5 Å². The predicted octanol–water partition coefficient (Wildman–Crippen LogP) is 4.03. The standard InChI is InChI=1S/C20H19N3O3/c1-3-26-11-13-8-15-16(9-18(13)25-2)19(12-4-6-14(24)7-5-12)22-20-17(15)10-21-23-20/h4-10,24H,3,11H2,1-2H3,(H,21,22,23). The van der Waals surface area contributed by atoms with Crippen molar-refractivity contribution in [3.8, 4) is 22.8 Å². The van der Waals surface area contributed by atoms with Crippen LogP contribution in [0.25, 0.3) is 33.1 Å². The fourth-order valence-corrected chi connectivity index (χ4v) is 3.13. The second kappa shape index (κ2) is 6.65. The molecule has 0 aliphatic carbocycles. The first kappa shape index (κ1) is 16.4. The molecular formula is C20H19N3O3. The van der Waals surface area contributed by atoms with Gasteiger partial charge < -0.3 is 14.6 Å². The number of H-pyrrole nitrogens is 1. The van der Waals surface area contributed by atoms with Crippen molar-refractivity contribution < 1.29 is 14.6 Å². The van der Waals surface area contributed by atoms with E-state index >= 15 is 0 Å². The largest absolute Gasteiger partial charge is 0.508 e. The Morgan fingerprint density at radius 2 is 1.88 bits per heavy atom. The lowest BCUT2D eigenvalue weighted by Gasteiger charge is -2.13. The number of aromatic nitrogens is 3. The zero-order valence-corrected chi connectivity index (χ0v) is 14.6. The van der Waals surface area contributed by atoms with Gasteiger partial charge in [-0.05, 0) is 48.7 Å². The molecule has 2 aromatic carbocycles. The fraction of sp³-hybridized carbons (Fsp3) is 0.200. The maximum absolute atomic E-state index is 9.59. The molecule has 0 saturated carbocycles. The summed E-state index contributed by atoms with van der Waals surface area (Å²) in [6, 6.07) is 11.1. The summed E-state index contributed by atoms with van der Waals surface area (Å²) in [5, 5.41) is 19.6. The first-order valence-corrected chi connectivity index (χ1v) is 8.42. The minimum absolute atomic E-state index is 0.220. The van der Waals surface area contributed by atoms with Crippen molar-refractivity contribution >= 4 is 21.8 Å². The lowest BCUT2D eigenvalue weighted by atomic mass is 9.99. The molecule has 132 valence electrons. The van der Waals surface area contributed by atoms with E-state index in [0.29, 0.717) is 18.9 Å². The second-order valence-corrected chi connectivity index (χ2v) is 5.99. The number of aromatic amines is 1. The van der Waals surface area contributed by atoms with Crippen molar-refractivity contribution in [1.82, 2.24) is 15.2 Å². The number of hydrogen-bond donors (Lipinski definition) is 2. The van der Waals surface area contributed by atoms with Crippen LogP contribution in [0.3, 0.4) is 0 Å². The molecule has 26 heavy (non-hydrogen) atoms. The van der Waals surface area contributed by atoms with E-state index in [0.717, 1.165) is 38.7 Å². The molecule has 0 spiro atoms. The number of nitrogens with zero attached hydrogens (tertiary/aromatic N) is 2. The van der Waals surface area contributed by atoms with Crippen molar-refractivity contribution in [2.45, 2.75) is 13.5 Å². The highest BCUT2D eigenvalue weighted by Gasteiger charge is 2.15. The van der Waals surface area contributed by atoms with Gasteiger partial charge in [0.1, 0.15) is 11.5 Å². The third-order valence-electron chi connectivity index (χ3n) is 4.41. The maximum atomic E-state index is 9.59. The number of benzene rings is 2. The molecule has 2 aromatic heterocycles. The normalized spacial score (nSPS) is 11.3. The third-order valence-corrected chi connectivity index (χ3v) is 4.41. The van der Waals surface area contributed by atoms with E-state index in [1.807, 2.05) is 25.1 Å². The van der Waals surface area contributed by atoms with Gasteiger partial charge in [0, 0.05) is 28.5 Å². The molecule has 0 aliphatic heterocycles. The highest BCUT2D eigenvalue weighted by atomic mass is 16.5. The topological polar surface area (TPSA) is 80.3 Å². The van der Waals surface area contributed by atoms with Crippen molar-refractivity contribution in [3.05, 3.63) is 48.2 Å². The number of phenols is 1. The Balaban J connectivity index is 2.02. The van der Waals surface area contributed by atoms with Gasteiger partial charge in [-0.15, -0.1) is 0 Å². The summed E-state index contributed by atoms with van der Waals surface area (Å²) in [6.45, 7) is 3.08. The quantitative estimate of drug-likeness (QED) is 0.569. The number of phenolic OH excluding ortho intramolecular Hbond substituents is 1. The molecule has 6 heteroatoms. The molecule has 2 N–H and O–H groups in total. The van der Waals surface area contributed by atoms with Gasteiger partial charge in [-0.2, -0.15) is 5.10 Å². The summed E-state index contributed by atoms with van der Waals surface area (Å²) in [5.74, 6) is 0.980. The Morgan fingerprint density at radius 1 is 1.08 bits per heavy atom. The Hall–Kier alpha value is -3.12. The molecule has 0 unspecified atom stereocenters. The molecule has 6 nitrogen and oxygen atoms in total. The molecule has 0 saturated heterocycles. The third kappa shape index (κ3) is 2.74. The lowest BCUT2D eigenvalue weighted by Crippen LogP contribution is -1.98. The van der Waals surface area contributed by atoms with Gasteiger partial charge in [-0.3, -0.25) is 5.10 Å². The van der Waals surface area contributed by atoms with Gasteiger partial charge in [0.05, 0.1) is 25.6 Å². The number of hydrogen-bond acceptors (Lipinski definition) is 5. The van der Waals surface area contributed by atoms with Crippen molar-refractivity contribution in [3.63, 3.8) is 0 Å². The van der Waals surface area contributed by atoms with E-state index < -0.39 is 0 Å². The first-order chi connectivity index (χ1) is 12.7. The smallest absolute Gasteiger partial charge is 0.156 e. The molecule has 0 radical (unpaired) electrons. The minimum atomic E-state index is 0.220. The van der Waals surface area contributed by atoms with Gasteiger partial charge in [0.2, 0.25) is 0 Å². The Labute approximate surface area is 150 Å². The average molecular weight is 349 g/mol. The van der Waals surface area contributed by atoms with E-state index in [2.05, 4.69) is 16.3 Å². The average Bonchev–Trinajstić information content (AvgIpc) is 3.14. The molecule has 4 rings (SSSR count). The predicted molar refractivity (Wildman–Crippen MR) is 100 cm³/mol. The van der Waals surface area contributed by atoms with Crippen LogP contribution in [0.15, 0.2) is 42.6 Å². The van der Waals surface area contributed by atoms with Crippen LogP contribution >= 0.6 is 0 Å². The fourth-order valence-electron chi connectivity index (χ4n) is 3.13. The molecule has 0 bridgehead atoms.